The molecule has 0 unspecified atom stereocenters. The Labute approximate surface area is 223 Å². The number of benzene rings is 2. The van der Waals surface area contributed by atoms with Crippen molar-refractivity contribution in [3.05, 3.63) is 42.0 Å². The number of methoxy groups -OCH3 is 2. The monoisotopic (exact) mass is 524 g/mol. The third-order valence-electron chi connectivity index (χ3n) is 8.81. The van der Waals surface area contributed by atoms with E-state index in [9.17, 15) is 8.78 Å². The van der Waals surface area contributed by atoms with Crippen LogP contribution in [0.1, 0.15) is 50.0 Å². The lowest BCUT2D eigenvalue weighted by Gasteiger charge is -2.42. The van der Waals surface area contributed by atoms with Crippen LogP contribution in [0.25, 0.3) is 22.4 Å². The molecule has 0 atom stereocenters. The molecule has 3 aliphatic rings. The van der Waals surface area contributed by atoms with Crippen LogP contribution in [0.3, 0.4) is 0 Å². The second-order valence-electron chi connectivity index (χ2n) is 11.1. The summed E-state index contributed by atoms with van der Waals surface area (Å²) >= 11 is 0. The minimum Gasteiger partial charge on any atom is -0.493 e. The van der Waals surface area contributed by atoms with Crippen molar-refractivity contribution in [2.75, 3.05) is 40.4 Å². The van der Waals surface area contributed by atoms with Crippen LogP contribution in [0.4, 0.5) is 8.78 Å². The number of piperidine rings is 2. The number of ether oxygens (including phenoxy) is 2. The minimum absolute atomic E-state index is 0.405. The smallest absolute Gasteiger partial charge is 0.256 e. The normalized spacial score (nSPS) is 20.4. The molecule has 3 heterocycles. The average Bonchev–Trinajstić information content (AvgIpc) is 3.75. The Balaban J connectivity index is 1.20. The van der Waals surface area contributed by atoms with Crippen LogP contribution in [0.2, 0.25) is 0 Å². The molecule has 6 rings (SSSR count). The molecule has 0 radical (unpaired) electrons. The third kappa shape index (κ3) is 5.13. The Kier molecular flexibility index (Phi) is 7.27. The number of imidazole rings is 1. The molecule has 1 aromatic heterocycles. The lowest BCUT2D eigenvalue weighted by Crippen LogP contribution is -2.47. The summed E-state index contributed by atoms with van der Waals surface area (Å²) < 4.78 is 39.6. The predicted octanol–water partition coefficient (Wildman–Crippen LogP) is 5.79. The Morgan fingerprint density at radius 1 is 0.816 bits per heavy atom. The molecule has 3 fully saturated rings. The summed E-state index contributed by atoms with van der Waals surface area (Å²) in [5.74, 6) is 2.14. The van der Waals surface area contributed by atoms with Crippen LogP contribution >= 0.6 is 0 Å². The first-order chi connectivity index (χ1) is 18.5. The maximum atomic E-state index is 13.6. The van der Waals surface area contributed by atoms with Gasteiger partial charge in [0, 0.05) is 17.6 Å². The summed E-state index contributed by atoms with van der Waals surface area (Å²) in [6.07, 6.45) is 5.18. The number of halogens is 2. The van der Waals surface area contributed by atoms with Crippen molar-refractivity contribution in [1.29, 1.82) is 0 Å². The Morgan fingerprint density at radius 2 is 1.47 bits per heavy atom. The zero-order valence-electron chi connectivity index (χ0n) is 22.4. The molecule has 0 amide bonds. The van der Waals surface area contributed by atoms with E-state index >= 15 is 0 Å². The van der Waals surface area contributed by atoms with Crippen LogP contribution in [0.5, 0.6) is 11.5 Å². The van der Waals surface area contributed by atoms with Gasteiger partial charge in [-0.1, -0.05) is 6.07 Å². The second kappa shape index (κ2) is 10.8. The van der Waals surface area contributed by atoms with E-state index in [4.69, 9.17) is 14.5 Å². The molecule has 6 nitrogen and oxygen atoms in total. The molecule has 1 aliphatic carbocycles. The maximum Gasteiger partial charge on any atom is 0.256 e. The highest BCUT2D eigenvalue weighted by Gasteiger charge is 2.34. The number of aromatic nitrogens is 2. The molecule has 3 aromatic rings. The molecule has 8 heteroatoms. The van der Waals surface area contributed by atoms with Crippen molar-refractivity contribution in [3.8, 4) is 22.9 Å². The van der Waals surface area contributed by atoms with E-state index < -0.39 is 13.0 Å². The Bertz CT molecular complexity index is 1260. The van der Waals surface area contributed by atoms with Gasteiger partial charge in [0.15, 0.2) is 11.5 Å². The summed E-state index contributed by atoms with van der Waals surface area (Å²) in [5.41, 5.74) is 3.49. The molecule has 1 saturated carbocycles. The maximum absolute atomic E-state index is 13.6. The summed E-state index contributed by atoms with van der Waals surface area (Å²) in [5, 5.41) is 0. The zero-order chi connectivity index (χ0) is 26.2. The number of fused-ring (bicyclic) bond motifs is 1. The molecule has 0 bridgehead atoms. The average molecular weight is 525 g/mol. The van der Waals surface area contributed by atoms with E-state index in [1.165, 1.54) is 44.3 Å². The van der Waals surface area contributed by atoms with Gasteiger partial charge in [0.1, 0.15) is 5.82 Å². The highest BCUT2D eigenvalue weighted by molar-refractivity contribution is 5.82. The largest absolute Gasteiger partial charge is 0.493 e. The lowest BCUT2D eigenvalue weighted by atomic mass is 9.88. The van der Waals surface area contributed by atoms with Gasteiger partial charge in [-0.2, -0.15) is 0 Å². The standard InChI is InChI=1S/C30H38F2N4O2/c1-37-27-8-4-22(18-28(27)38-2)30-33-25-17-21(3-7-26(25)36(30)19-29(31)32)20-9-13-34(14-10-20)24-11-15-35(16-12-24)23-5-6-23/h3-4,7-8,17-18,20,23-24,29H,5-6,9-16,19H2,1-2H3. The van der Waals surface area contributed by atoms with Gasteiger partial charge in [-0.25, -0.2) is 13.8 Å². The molecule has 204 valence electrons. The fourth-order valence-corrected chi connectivity index (χ4v) is 6.57. The van der Waals surface area contributed by atoms with Gasteiger partial charge in [-0.15, -0.1) is 0 Å². The molecular weight excluding hydrogens is 486 g/mol. The first-order valence-corrected chi connectivity index (χ1v) is 14.0. The zero-order valence-corrected chi connectivity index (χ0v) is 22.4. The van der Waals surface area contributed by atoms with Gasteiger partial charge in [0.2, 0.25) is 0 Å². The van der Waals surface area contributed by atoms with Crippen LogP contribution in [0, 0.1) is 0 Å². The van der Waals surface area contributed by atoms with Gasteiger partial charge < -0.3 is 23.8 Å². The molecule has 0 N–H and O–H groups in total. The fourth-order valence-electron chi connectivity index (χ4n) is 6.57. The lowest BCUT2D eigenvalue weighted by molar-refractivity contribution is 0.0844. The summed E-state index contributed by atoms with van der Waals surface area (Å²) in [7, 11) is 3.14. The van der Waals surface area contributed by atoms with E-state index in [-0.39, 0.29) is 0 Å². The number of hydrogen-bond donors (Lipinski definition) is 0. The van der Waals surface area contributed by atoms with Crippen LogP contribution in [0.15, 0.2) is 36.4 Å². The number of likely N-dealkylation sites (tertiary alicyclic amines) is 2. The molecule has 2 saturated heterocycles. The first kappa shape index (κ1) is 25.6. The van der Waals surface area contributed by atoms with Gasteiger partial charge in [0.05, 0.1) is 31.8 Å². The first-order valence-electron chi connectivity index (χ1n) is 14.0. The van der Waals surface area contributed by atoms with E-state index in [0.29, 0.717) is 23.2 Å². The molecule has 2 aliphatic heterocycles. The molecule has 38 heavy (non-hydrogen) atoms. The van der Waals surface area contributed by atoms with Gasteiger partial charge in [-0.05, 0) is 107 Å². The number of hydrogen-bond acceptors (Lipinski definition) is 5. The summed E-state index contributed by atoms with van der Waals surface area (Å²) in [6.45, 7) is 4.38. The topological polar surface area (TPSA) is 42.8 Å². The van der Waals surface area contributed by atoms with Crippen molar-refractivity contribution in [2.24, 2.45) is 0 Å². The van der Waals surface area contributed by atoms with Crippen LogP contribution in [-0.2, 0) is 6.54 Å². The second-order valence-corrected chi connectivity index (χ2v) is 11.1. The van der Waals surface area contributed by atoms with Crippen molar-refractivity contribution in [3.63, 3.8) is 0 Å². The molecule has 2 aromatic carbocycles. The van der Waals surface area contributed by atoms with E-state index in [0.717, 1.165) is 54.6 Å². The molecule has 0 spiro atoms. The van der Waals surface area contributed by atoms with E-state index in [2.05, 4.69) is 21.9 Å². The van der Waals surface area contributed by atoms with Crippen molar-refractivity contribution < 1.29 is 18.3 Å². The van der Waals surface area contributed by atoms with E-state index in [1.54, 1.807) is 30.9 Å². The summed E-state index contributed by atoms with van der Waals surface area (Å²) in [4.78, 5) is 10.3. The minimum atomic E-state index is -2.48. The fraction of sp³-hybridized carbons (Fsp3) is 0.567. The van der Waals surface area contributed by atoms with Crippen molar-refractivity contribution >= 4 is 11.0 Å². The van der Waals surface area contributed by atoms with E-state index in [1.807, 2.05) is 12.1 Å². The quantitative estimate of drug-likeness (QED) is 0.373. The molecular formula is C30H38F2N4O2. The number of nitrogens with zero attached hydrogens (tertiary/aromatic N) is 4. The van der Waals surface area contributed by atoms with Crippen LogP contribution in [-0.4, -0.2) is 78.3 Å². The summed E-state index contributed by atoms with van der Waals surface area (Å²) in [6, 6.07) is 13.3. The number of alkyl halides is 2. The van der Waals surface area contributed by atoms with Gasteiger partial charge in [0.25, 0.3) is 6.43 Å². The van der Waals surface area contributed by atoms with Crippen LogP contribution < -0.4 is 9.47 Å². The predicted molar refractivity (Wildman–Crippen MR) is 145 cm³/mol. The Morgan fingerprint density at radius 3 is 2.11 bits per heavy atom. The highest BCUT2D eigenvalue weighted by atomic mass is 19.3. The van der Waals surface area contributed by atoms with Gasteiger partial charge in [-0.3, -0.25) is 0 Å². The highest BCUT2D eigenvalue weighted by Crippen LogP contribution is 2.37. The third-order valence-corrected chi connectivity index (χ3v) is 8.81. The van der Waals surface area contributed by atoms with Crippen molar-refractivity contribution in [1.82, 2.24) is 19.4 Å². The van der Waals surface area contributed by atoms with Crippen molar-refractivity contribution in [2.45, 2.75) is 69.5 Å². The number of rotatable bonds is 8. The van der Waals surface area contributed by atoms with Gasteiger partial charge >= 0.3 is 0 Å². The Hall–Kier alpha value is -2.71. The SMILES string of the molecule is COc1ccc(-c2nc3cc(C4CCN(C5CCN(C6CC6)CC5)CC4)ccc3n2CC(F)F)cc1OC.